The Morgan fingerprint density at radius 3 is 1.75 bits per heavy atom. The zero-order valence-electron chi connectivity index (χ0n) is 58.2. The first-order chi connectivity index (χ1) is 51.0. The number of benzene rings is 6. The Bertz CT molecular complexity index is 5240. The molecule has 2 amide bonds. The molecule has 23 nitrogen and oxygen atoms in total. The van der Waals surface area contributed by atoms with Crippen molar-refractivity contribution < 1.29 is 45.3 Å². The number of fused-ring (bicyclic) bond motifs is 3. The van der Waals surface area contributed by atoms with Crippen LogP contribution in [0.4, 0.5) is 33.0 Å². The Labute approximate surface area is 645 Å². The fraction of sp³-hybridized carbons (Fsp3) is 0.307. The number of amidine groups is 1. The number of piperidine rings is 1. The van der Waals surface area contributed by atoms with Crippen molar-refractivity contribution in [2.45, 2.75) is 86.2 Å². The lowest BCUT2D eigenvalue weighted by Crippen LogP contribution is -2.55. The number of amides is 2. The fourth-order valence-electron chi connectivity index (χ4n) is 13.9. The predicted molar refractivity (Wildman–Crippen MR) is 433 cm³/mol. The zero-order valence-corrected chi connectivity index (χ0v) is 64.5. The fourth-order valence-corrected chi connectivity index (χ4v) is 19.4. The van der Waals surface area contributed by atoms with Crippen LogP contribution in [0.25, 0.3) is 21.8 Å². The molecule has 1 atom stereocenters. The lowest BCUT2D eigenvalue weighted by Gasteiger charge is -2.41. The summed E-state index contributed by atoms with van der Waals surface area (Å²) >= 11 is 21.4. The average molecular weight is 1600 g/mol. The van der Waals surface area contributed by atoms with Crippen molar-refractivity contribution in [3.8, 4) is 0 Å². The van der Waals surface area contributed by atoms with Gasteiger partial charge >= 0.3 is 0 Å². The Morgan fingerprint density at radius 2 is 1.20 bits per heavy atom. The van der Waals surface area contributed by atoms with Gasteiger partial charge in [-0.2, -0.15) is 8.42 Å². The minimum Gasteiger partial charge on any atom is -0.371 e. The molecule has 9 heterocycles. The third-order valence-corrected chi connectivity index (χ3v) is 26.2. The van der Waals surface area contributed by atoms with E-state index in [2.05, 4.69) is 53.3 Å². The van der Waals surface area contributed by atoms with E-state index in [1.165, 1.54) is 28.2 Å². The number of thiazole rings is 2. The number of sulfonamides is 3. The molecule has 10 aromatic rings. The maximum absolute atomic E-state index is 13.4. The predicted octanol–water partition coefficient (Wildman–Crippen LogP) is 14.0. The van der Waals surface area contributed by atoms with Gasteiger partial charge in [0.15, 0.2) is 10.3 Å². The molecule has 106 heavy (non-hydrogen) atoms. The number of aryl methyl sites for hydroxylation is 3. The summed E-state index contributed by atoms with van der Waals surface area (Å²) in [6.45, 7) is 12.2. The van der Waals surface area contributed by atoms with E-state index in [9.17, 15) is 39.6 Å². The number of piperazine rings is 2. The summed E-state index contributed by atoms with van der Waals surface area (Å²) in [4.78, 5) is 60.4. The van der Waals surface area contributed by atoms with Crippen LogP contribution in [-0.2, 0) is 64.0 Å². The van der Waals surface area contributed by atoms with Gasteiger partial charge in [-0.3, -0.25) is 23.8 Å². The molecule has 3 fully saturated rings. The lowest BCUT2D eigenvalue weighted by molar-refractivity contribution is -0.133. The van der Waals surface area contributed by atoms with Crippen LogP contribution in [-0.4, -0.2) is 156 Å². The Morgan fingerprint density at radius 1 is 0.642 bits per heavy atom. The molecule has 0 saturated carbocycles. The summed E-state index contributed by atoms with van der Waals surface area (Å²) in [6, 6.07) is 41.6. The Kier molecular flexibility index (Phi) is 23.4. The summed E-state index contributed by atoms with van der Waals surface area (Å²) in [5.41, 5.74) is 7.73. The first-order valence-electron chi connectivity index (χ1n) is 34.8. The van der Waals surface area contributed by atoms with Gasteiger partial charge in [-0.1, -0.05) is 65.1 Å². The molecule has 0 aliphatic carbocycles. The van der Waals surface area contributed by atoms with E-state index in [0.29, 0.717) is 97.9 Å². The van der Waals surface area contributed by atoms with Gasteiger partial charge in [0.2, 0.25) is 11.8 Å². The number of aromatic nitrogens is 4. The van der Waals surface area contributed by atoms with Gasteiger partial charge in [0.25, 0.3) is 30.1 Å². The van der Waals surface area contributed by atoms with E-state index in [1.54, 1.807) is 71.7 Å². The van der Waals surface area contributed by atoms with E-state index >= 15 is 0 Å². The van der Waals surface area contributed by atoms with Gasteiger partial charge in [-0.25, -0.2) is 26.8 Å². The van der Waals surface area contributed by atoms with Crippen molar-refractivity contribution in [1.29, 1.82) is 0 Å². The third kappa shape index (κ3) is 17.8. The first-order valence-corrected chi connectivity index (χ1v) is 42.1. The minimum absolute atomic E-state index is 0. The average Bonchev–Trinajstić information content (AvgIpc) is 1.76. The quantitative estimate of drug-likeness (QED) is 0.0680. The van der Waals surface area contributed by atoms with Gasteiger partial charge in [-0.05, 0) is 167 Å². The van der Waals surface area contributed by atoms with Crippen LogP contribution >= 0.6 is 57.5 Å². The standard InChI is InChI=1S/C26H30ClN5O3S2.C26H27ClN4O3S.C23H22ClN5O3S2.4H2/c1-18-17-36-26(28-18)29-37(34,35)23-8-6-22(7-9-23)30-12-14-31(15-13-30)25(33)19(2)32-11-3-4-20-16-21(27)5-10-24(20)32;27-23-4-1-3-20-12-17-31(26(20)23)18-13-24(32)19-10-15-30(16-11-19)21-6-8-22(9-7-21)35(33,34)29-25-5-2-14-28-25;24-20-3-1-2-17-8-10-29(22(17)20)16-21(30)28-13-11-27(12-14-28)18-4-6-19(7-5-18)34(31,32)26-23-25-9-15-33-23;;;;/h5-10,16-17,19H,3-4,11-15H2,1-2H3,(H,28,29);1-4,6-9,12,14,17,19H,5,10-11,13,15-16,18H2,(H,28,29);1-10,15H,11-14,16H2,(H,25,26);4*1H/t19-;;;;;;/m1....../s1. The zero-order chi connectivity index (χ0) is 74.3. The molecule has 15 rings (SSSR count). The van der Waals surface area contributed by atoms with Crippen LogP contribution in [0.1, 0.15) is 56.0 Å². The molecule has 3 saturated heterocycles. The highest BCUT2D eigenvalue weighted by Crippen LogP contribution is 2.34. The summed E-state index contributed by atoms with van der Waals surface area (Å²) < 4.78 is 88.3. The first kappa shape index (κ1) is 75.2. The summed E-state index contributed by atoms with van der Waals surface area (Å²) in [6.07, 6.45) is 13.5. The molecule has 0 unspecified atom stereocenters. The Balaban J connectivity index is 0.000000187. The second kappa shape index (κ2) is 33.0. The summed E-state index contributed by atoms with van der Waals surface area (Å²) in [7, 11) is -11.1. The molecule has 0 radical (unpaired) electrons. The largest absolute Gasteiger partial charge is 0.371 e. The number of carbonyl (C=O) groups excluding carboxylic acids is 3. The van der Waals surface area contributed by atoms with Crippen LogP contribution < -0.4 is 34.4 Å². The molecule has 562 valence electrons. The molecule has 31 heteroatoms. The summed E-state index contributed by atoms with van der Waals surface area (Å²) in [5.74, 6) is 0.939. The molecule has 0 spiro atoms. The van der Waals surface area contributed by atoms with Crippen molar-refractivity contribution in [3.63, 3.8) is 0 Å². The number of carbonyl (C=O) groups is 3. The van der Waals surface area contributed by atoms with Crippen LogP contribution in [0.15, 0.2) is 200 Å². The topological polar surface area (TPSA) is 257 Å². The van der Waals surface area contributed by atoms with Gasteiger partial charge < -0.3 is 43.9 Å². The van der Waals surface area contributed by atoms with Crippen molar-refractivity contribution in [2.75, 3.05) is 101 Å². The molecule has 3 N–H and O–H groups in total. The number of hydrogen-bond donors (Lipinski definition) is 3. The number of ketones is 1. The van der Waals surface area contributed by atoms with E-state index in [-0.39, 0.29) is 56.5 Å². The molecular weight excluding hydrogens is 1510 g/mol. The maximum Gasteiger partial charge on any atom is 0.283 e. The smallest absolute Gasteiger partial charge is 0.283 e. The van der Waals surface area contributed by atoms with Crippen molar-refractivity contribution >= 4 is 166 Å². The van der Waals surface area contributed by atoms with E-state index < -0.39 is 30.1 Å². The molecule has 5 aliphatic rings. The third-order valence-electron chi connectivity index (χ3n) is 19.5. The van der Waals surface area contributed by atoms with Crippen molar-refractivity contribution in [1.82, 2.24) is 34.2 Å². The van der Waals surface area contributed by atoms with Crippen LogP contribution in [0.2, 0.25) is 15.1 Å². The van der Waals surface area contributed by atoms with Crippen LogP contribution in [0, 0.1) is 12.8 Å². The number of Topliss-reactive ketones (excluding diaryl/α,β-unsaturated/α-hetero) is 1. The highest BCUT2D eigenvalue weighted by atomic mass is 35.5. The molecule has 6 aromatic carbocycles. The van der Waals surface area contributed by atoms with Crippen LogP contribution in [0.3, 0.4) is 0 Å². The number of nitrogens with one attached hydrogen (secondary N) is 3. The second-order valence-corrected chi connectivity index (χ2v) is 34.3. The number of rotatable bonds is 19. The SMILES string of the molecule is Cc1csc(NS(=O)(=O)c2ccc(N3CCN(C(=O)[C@@H](C)N4CCCc5cc(Cl)ccc54)CC3)cc2)n1.O=C(CCn1ccc2cccc(Cl)c21)C1CCN(c2ccc(S(=O)(=O)N=C3CC=CN3)cc2)CC1.O=C(Cn1ccc2cccc(Cl)c21)N1CCN(c2ccc(S(=O)(=O)Nc3nccs3)cc2)CC1.[HH].[HH].[HH].[HH]. The van der Waals surface area contributed by atoms with Gasteiger partial charge in [0, 0.05) is 171 Å². The van der Waals surface area contributed by atoms with E-state index in [0.717, 1.165) is 101 Å². The number of anilines is 6. The highest BCUT2D eigenvalue weighted by Gasteiger charge is 2.33. The maximum atomic E-state index is 13.4. The molecular formula is C75H87Cl3N14O9S5. The normalized spacial score (nSPS) is 16.4. The number of nitrogens with zero attached hydrogens (tertiary/aromatic N) is 11. The number of halogens is 3. The van der Waals surface area contributed by atoms with Gasteiger partial charge in [-0.15, -0.1) is 27.1 Å². The second-order valence-electron chi connectivity index (χ2n) is 26.3. The molecule has 0 bridgehead atoms. The molecule has 4 aromatic heterocycles. The Hall–Kier alpha value is -9.00. The van der Waals surface area contributed by atoms with E-state index in [1.807, 2.05) is 138 Å². The van der Waals surface area contributed by atoms with Crippen LogP contribution in [0.5, 0.6) is 0 Å². The van der Waals surface area contributed by atoms with Crippen molar-refractivity contribution in [3.05, 3.63) is 207 Å². The minimum atomic E-state index is -3.74. The van der Waals surface area contributed by atoms with Gasteiger partial charge in [0.1, 0.15) is 24.2 Å². The monoisotopic (exact) mass is 1590 g/mol. The van der Waals surface area contributed by atoms with Gasteiger partial charge in [0.05, 0.1) is 41.5 Å². The summed E-state index contributed by atoms with van der Waals surface area (Å²) in [5, 5.41) is 11.2. The number of para-hydroxylation sites is 2. The molecule has 5 aliphatic heterocycles. The highest BCUT2D eigenvalue weighted by molar-refractivity contribution is 7.93. The lowest BCUT2D eigenvalue weighted by atomic mass is 9.90. The van der Waals surface area contributed by atoms with Crippen molar-refractivity contribution in [2.24, 2.45) is 10.3 Å². The van der Waals surface area contributed by atoms with E-state index in [4.69, 9.17) is 34.8 Å². The number of hydrogen-bond acceptors (Lipinski definition) is 17.